The van der Waals surface area contributed by atoms with Crippen LogP contribution in [0.4, 0.5) is 14.5 Å². The SMILES string of the molecule is COCCSCC(=O)Nc1cc(F)cc(F)c1. The van der Waals surface area contributed by atoms with Crippen molar-refractivity contribution >= 4 is 23.4 Å². The van der Waals surface area contributed by atoms with Gasteiger partial charge >= 0.3 is 0 Å². The quantitative estimate of drug-likeness (QED) is 0.798. The molecule has 0 unspecified atom stereocenters. The molecule has 0 radical (unpaired) electrons. The zero-order valence-electron chi connectivity index (χ0n) is 9.33. The second-order valence-corrected chi connectivity index (χ2v) is 4.36. The van der Waals surface area contributed by atoms with Gasteiger partial charge in [0, 0.05) is 24.6 Å². The first-order valence-corrected chi connectivity index (χ1v) is 6.10. The maximum Gasteiger partial charge on any atom is 0.234 e. The number of thioether (sulfide) groups is 1. The maximum atomic E-state index is 12.8. The summed E-state index contributed by atoms with van der Waals surface area (Å²) in [4.78, 5) is 11.4. The van der Waals surface area contributed by atoms with E-state index in [1.54, 1.807) is 7.11 Å². The summed E-state index contributed by atoms with van der Waals surface area (Å²) in [5.41, 5.74) is 0.125. The predicted octanol–water partition coefficient (Wildman–Crippen LogP) is 2.28. The number of rotatable bonds is 6. The Morgan fingerprint density at radius 2 is 2.00 bits per heavy atom. The molecule has 6 heteroatoms. The number of benzene rings is 1. The molecule has 0 bridgehead atoms. The van der Waals surface area contributed by atoms with Crippen molar-refractivity contribution in [3.8, 4) is 0 Å². The minimum absolute atomic E-state index is 0.125. The smallest absolute Gasteiger partial charge is 0.234 e. The van der Waals surface area contributed by atoms with Crippen LogP contribution in [0.25, 0.3) is 0 Å². The van der Waals surface area contributed by atoms with Crippen LogP contribution < -0.4 is 5.32 Å². The molecule has 0 saturated heterocycles. The number of carbonyl (C=O) groups excluding carboxylic acids is 1. The van der Waals surface area contributed by atoms with Crippen molar-refractivity contribution in [3.05, 3.63) is 29.8 Å². The van der Waals surface area contributed by atoms with E-state index in [1.807, 2.05) is 0 Å². The van der Waals surface area contributed by atoms with Gasteiger partial charge in [-0.25, -0.2) is 8.78 Å². The molecular formula is C11H13F2NO2S. The van der Waals surface area contributed by atoms with Gasteiger partial charge in [0.1, 0.15) is 11.6 Å². The fraction of sp³-hybridized carbons (Fsp3) is 0.364. The molecule has 0 saturated carbocycles. The molecule has 1 amide bonds. The number of amides is 1. The average Bonchev–Trinajstić information content (AvgIpc) is 2.23. The third-order valence-electron chi connectivity index (χ3n) is 1.81. The fourth-order valence-corrected chi connectivity index (χ4v) is 1.82. The van der Waals surface area contributed by atoms with E-state index < -0.39 is 11.6 Å². The molecule has 1 aromatic rings. The molecule has 0 fully saturated rings. The Labute approximate surface area is 103 Å². The van der Waals surface area contributed by atoms with Gasteiger partial charge in [-0.05, 0) is 12.1 Å². The first kappa shape index (κ1) is 13.9. The average molecular weight is 261 g/mol. The number of nitrogens with one attached hydrogen (secondary N) is 1. The number of ether oxygens (including phenoxy) is 1. The van der Waals surface area contributed by atoms with Crippen molar-refractivity contribution < 1.29 is 18.3 Å². The largest absolute Gasteiger partial charge is 0.384 e. The Kier molecular flexibility index (Phi) is 5.93. The highest BCUT2D eigenvalue weighted by Crippen LogP contribution is 2.13. The molecule has 0 aromatic heterocycles. The van der Waals surface area contributed by atoms with Crippen LogP contribution in [0, 0.1) is 11.6 Å². The lowest BCUT2D eigenvalue weighted by Gasteiger charge is -2.05. The van der Waals surface area contributed by atoms with Gasteiger partial charge in [-0.2, -0.15) is 0 Å². The highest BCUT2D eigenvalue weighted by Gasteiger charge is 2.05. The van der Waals surface area contributed by atoms with Crippen LogP contribution in [0.3, 0.4) is 0 Å². The Balaban J connectivity index is 2.39. The lowest BCUT2D eigenvalue weighted by Crippen LogP contribution is -2.15. The Hall–Kier alpha value is -1.14. The minimum atomic E-state index is -0.715. The van der Waals surface area contributed by atoms with E-state index in [1.165, 1.54) is 11.8 Å². The molecule has 1 rings (SSSR count). The normalized spacial score (nSPS) is 10.3. The highest BCUT2D eigenvalue weighted by atomic mass is 32.2. The van der Waals surface area contributed by atoms with Crippen LogP contribution in [-0.2, 0) is 9.53 Å². The van der Waals surface area contributed by atoms with Crippen LogP contribution in [0.5, 0.6) is 0 Å². The van der Waals surface area contributed by atoms with Crippen molar-refractivity contribution in [1.29, 1.82) is 0 Å². The fourth-order valence-electron chi connectivity index (χ4n) is 1.13. The Morgan fingerprint density at radius 3 is 2.59 bits per heavy atom. The summed E-state index contributed by atoms with van der Waals surface area (Å²) in [5.74, 6) is -0.807. The van der Waals surface area contributed by atoms with Crippen molar-refractivity contribution in [2.24, 2.45) is 0 Å². The van der Waals surface area contributed by atoms with E-state index in [0.29, 0.717) is 12.4 Å². The number of carbonyl (C=O) groups is 1. The number of hydrogen-bond donors (Lipinski definition) is 1. The Morgan fingerprint density at radius 1 is 1.35 bits per heavy atom. The standard InChI is InChI=1S/C11H13F2NO2S/c1-16-2-3-17-7-11(15)14-10-5-8(12)4-9(13)6-10/h4-6H,2-3,7H2,1H3,(H,14,15). The van der Waals surface area contributed by atoms with E-state index >= 15 is 0 Å². The van der Waals surface area contributed by atoms with Gasteiger partial charge in [-0.1, -0.05) is 0 Å². The molecule has 1 N–H and O–H groups in total. The summed E-state index contributed by atoms with van der Waals surface area (Å²) in [5, 5.41) is 2.42. The third kappa shape index (κ3) is 5.65. The number of anilines is 1. The molecule has 3 nitrogen and oxygen atoms in total. The number of halogens is 2. The Bertz CT molecular complexity index is 367. The summed E-state index contributed by atoms with van der Waals surface area (Å²) in [6.07, 6.45) is 0. The van der Waals surface area contributed by atoms with Crippen molar-refractivity contribution in [2.45, 2.75) is 0 Å². The summed E-state index contributed by atoms with van der Waals surface area (Å²) in [6.45, 7) is 0.562. The molecule has 0 heterocycles. The summed E-state index contributed by atoms with van der Waals surface area (Å²) < 4.78 is 30.5. The molecule has 94 valence electrons. The summed E-state index contributed by atoms with van der Waals surface area (Å²) in [7, 11) is 1.58. The molecule has 0 aliphatic carbocycles. The van der Waals surface area contributed by atoms with E-state index in [-0.39, 0.29) is 17.3 Å². The molecule has 0 aliphatic rings. The second kappa shape index (κ2) is 7.24. The van der Waals surface area contributed by atoms with E-state index in [2.05, 4.69) is 5.32 Å². The van der Waals surface area contributed by atoms with E-state index in [0.717, 1.165) is 18.2 Å². The first-order valence-electron chi connectivity index (χ1n) is 4.94. The van der Waals surface area contributed by atoms with Crippen LogP contribution >= 0.6 is 11.8 Å². The monoisotopic (exact) mass is 261 g/mol. The molecule has 0 spiro atoms. The molecule has 1 aromatic carbocycles. The number of methoxy groups -OCH3 is 1. The first-order chi connectivity index (χ1) is 8.11. The zero-order valence-corrected chi connectivity index (χ0v) is 10.2. The topological polar surface area (TPSA) is 38.3 Å². The maximum absolute atomic E-state index is 12.8. The van der Waals surface area contributed by atoms with Crippen molar-refractivity contribution in [1.82, 2.24) is 0 Å². The minimum Gasteiger partial charge on any atom is -0.384 e. The van der Waals surface area contributed by atoms with Crippen LogP contribution in [0.2, 0.25) is 0 Å². The number of hydrogen-bond acceptors (Lipinski definition) is 3. The molecule has 0 atom stereocenters. The molecule has 17 heavy (non-hydrogen) atoms. The predicted molar refractivity (Wildman–Crippen MR) is 64.2 cm³/mol. The van der Waals surface area contributed by atoms with Crippen molar-refractivity contribution in [2.75, 3.05) is 30.5 Å². The van der Waals surface area contributed by atoms with Gasteiger partial charge in [0.15, 0.2) is 0 Å². The van der Waals surface area contributed by atoms with Crippen LogP contribution in [0.1, 0.15) is 0 Å². The zero-order chi connectivity index (χ0) is 12.7. The van der Waals surface area contributed by atoms with Crippen molar-refractivity contribution in [3.63, 3.8) is 0 Å². The molecular weight excluding hydrogens is 248 g/mol. The highest BCUT2D eigenvalue weighted by molar-refractivity contribution is 7.99. The third-order valence-corrected chi connectivity index (χ3v) is 2.73. The van der Waals surface area contributed by atoms with Gasteiger partial charge in [0.25, 0.3) is 0 Å². The van der Waals surface area contributed by atoms with Gasteiger partial charge < -0.3 is 10.1 Å². The van der Waals surface area contributed by atoms with Crippen LogP contribution in [0.15, 0.2) is 18.2 Å². The lowest BCUT2D eigenvalue weighted by atomic mass is 10.3. The van der Waals surface area contributed by atoms with Gasteiger partial charge in [-0.3, -0.25) is 4.79 Å². The lowest BCUT2D eigenvalue weighted by molar-refractivity contribution is -0.113. The van der Waals surface area contributed by atoms with E-state index in [4.69, 9.17) is 4.74 Å². The van der Waals surface area contributed by atoms with Gasteiger partial charge in [-0.15, -0.1) is 11.8 Å². The van der Waals surface area contributed by atoms with E-state index in [9.17, 15) is 13.6 Å². The van der Waals surface area contributed by atoms with Gasteiger partial charge in [0.2, 0.25) is 5.91 Å². The molecule has 0 aliphatic heterocycles. The van der Waals surface area contributed by atoms with Gasteiger partial charge in [0.05, 0.1) is 12.4 Å². The van der Waals surface area contributed by atoms with Crippen LogP contribution in [-0.4, -0.2) is 31.1 Å². The summed E-state index contributed by atoms with van der Waals surface area (Å²) in [6, 6.07) is 2.89. The summed E-state index contributed by atoms with van der Waals surface area (Å²) >= 11 is 1.39. The second-order valence-electron chi connectivity index (χ2n) is 3.25.